The Labute approximate surface area is 104 Å². The van der Waals surface area contributed by atoms with E-state index in [-0.39, 0.29) is 5.78 Å². The third-order valence-electron chi connectivity index (χ3n) is 2.54. The third-order valence-corrected chi connectivity index (χ3v) is 2.54. The molecule has 1 heterocycles. The van der Waals surface area contributed by atoms with E-state index >= 15 is 0 Å². The van der Waals surface area contributed by atoms with Crippen LogP contribution in [0.5, 0.6) is 0 Å². The van der Waals surface area contributed by atoms with E-state index in [2.05, 4.69) is 4.98 Å². The largest absolute Gasteiger partial charge is 0.292 e. The molecule has 4 heteroatoms. The molecule has 0 amide bonds. The predicted molar refractivity (Wildman–Crippen MR) is 63.3 cm³/mol. The number of nitriles is 1. The first kappa shape index (κ1) is 11.9. The number of pyridine rings is 1. The maximum atomic E-state index is 12.8. The van der Waals surface area contributed by atoms with Gasteiger partial charge in [0, 0.05) is 18.0 Å². The van der Waals surface area contributed by atoms with Gasteiger partial charge in [0.15, 0.2) is 5.78 Å². The number of nitrogens with zero attached hydrogens (tertiary/aromatic N) is 2. The Balaban J connectivity index is 2.33. The Morgan fingerprint density at radius 2 is 2.00 bits per heavy atom. The van der Waals surface area contributed by atoms with Crippen molar-refractivity contribution in [2.75, 3.05) is 0 Å². The van der Waals surface area contributed by atoms with Crippen LogP contribution in [-0.2, 0) is 0 Å². The molecule has 0 saturated heterocycles. The van der Waals surface area contributed by atoms with Crippen LogP contribution in [-0.4, -0.2) is 10.8 Å². The summed E-state index contributed by atoms with van der Waals surface area (Å²) >= 11 is 0. The predicted octanol–water partition coefficient (Wildman–Crippen LogP) is 2.71. The number of rotatable bonds is 3. The Morgan fingerprint density at radius 1 is 1.28 bits per heavy atom. The Kier molecular flexibility index (Phi) is 3.44. The van der Waals surface area contributed by atoms with Gasteiger partial charge < -0.3 is 0 Å². The summed E-state index contributed by atoms with van der Waals surface area (Å²) in [7, 11) is 0. The van der Waals surface area contributed by atoms with Crippen molar-refractivity contribution >= 4 is 5.78 Å². The van der Waals surface area contributed by atoms with Gasteiger partial charge >= 0.3 is 0 Å². The minimum absolute atomic E-state index is 0.336. The highest BCUT2D eigenvalue weighted by atomic mass is 19.1. The number of carbonyl (C=O) groups excluding carboxylic acids is 1. The third kappa shape index (κ3) is 2.41. The van der Waals surface area contributed by atoms with E-state index in [4.69, 9.17) is 5.26 Å². The second kappa shape index (κ2) is 5.19. The molecule has 2 rings (SSSR count). The van der Waals surface area contributed by atoms with Crippen molar-refractivity contribution in [3.8, 4) is 6.07 Å². The van der Waals surface area contributed by atoms with Crippen LogP contribution in [0.25, 0.3) is 0 Å². The summed E-state index contributed by atoms with van der Waals surface area (Å²) in [6.45, 7) is 0. The lowest BCUT2D eigenvalue weighted by atomic mass is 9.92. The minimum atomic E-state index is -0.935. The van der Waals surface area contributed by atoms with Crippen LogP contribution in [0.4, 0.5) is 4.39 Å². The van der Waals surface area contributed by atoms with Crippen molar-refractivity contribution in [3.63, 3.8) is 0 Å². The summed E-state index contributed by atoms with van der Waals surface area (Å²) in [5, 5.41) is 9.10. The van der Waals surface area contributed by atoms with E-state index in [9.17, 15) is 9.18 Å². The molecule has 1 atom stereocenters. The smallest absolute Gasteiger partial charge is 0.185 e. The second-order valence-electron chi connectivity index (χ2n) is 3.72. The number of Topliss-reactive ketones (excluding diaryl/α,β-unsaturated/α-hetero) is 1. The van der Waals surface area contributed by atoms with Gasteiger partial charge in [-0.1, -0.05) is 12.1 Å². The maximum absolute atomic E-state index is 12.8. The van der Waals surface area contributed by atoms with E-state index in [1.54, 1.807) is 18.3 Å². The quantitative estimate of drug-likeness (QED) is 0.775. The molecule has 18 heavy (non-hydrogen) atoms. The first-order valence-electron chi connectivity index (χ1n) is 5.31. The first-order valence-corrected chi connectivity index (χ1v) is 5.31. The fourth-order valence-corrected chi connectivity index (χ4v) is 1.61. The summed E-state index contributed by atoms with van der Waals surface area (Å²) in [6.07, 6.45) is 2.96. The Hall–Kier alpha value is -2.54. The van der Waals surface area contributed by atoms with E-state index in [0.717, 1.165) is 0 Å². The number of ketones is 1. The van der Waals surface area contributed by atoms with Crippen LogP contribution in [0.15, 0.2) is 48.8 Å². The molecule has 88 valence electrons. The molecule has 0 saturated carbocycles. The van der Waals surface area contributed by atoms with Gasteiger partial charge in [0.1, 0.15) is 11.7 Å². The molecule has 0 N–H and O–H groups in total. The highest BCUT2D eigenvalue weighted by molar-refractivity contribution is 6.02. The summed E-state index contributed by atoms with van der Waals surface area (Å²) in [5.41, 5.74) is 0.848. The fraction of sp³-hybridized carbons (Fsp3) is 0.0714. The van der Waals surface area contributed by atoms with E-state index in [1.807, 2.05) is 6.07 Å². The van der Waals surface area contributed by atoms with Crippen LogP contribution in [0.2, 0.25) is 0 Å². The molecule has 0 fully saturated rings. The normalized spacial score (nSPS) is 11.6. The average molecular weight is 240 g/mol. The molecule has 0 aliphatic carbocycles. The van der Waals surface area contributed by atoms with Crippen molar-refractivity contribution in [2.45, 2.75) is 5.92 Å². The number of hydrogen-bond acceptors (Lipinski definition) is 3. The molecule has 0 aliphatic heterocycles. The number of halogens is 1. The molecule has 0 spiro atoms. The van der Waals surface area contributed by atoms with E-state index in [1.165, 1.54) is 30.5 Å². The lowest BCUT2D eigenvalue weighted by Crippen LogP contribution is -2.11. The van der Waals surface area contributed by atoms with Crippen molar-refractivity contribution in [2.24, 2.45) is 0 Å². The molecular formula is C14H9FN2O. The van der Waals surface area contributed by atoms with Crippen LogP contribution >= 0.6 is 0 Å². The number of aromatic nitrogens is 1. The summed E-state index contributed by atoms with van der Waals surface area (Å²) in [5.74, 6) is -1.67. The van der Waals surface area contributed by atoms with Crippen LogP contribution in [0.3, 0.4) is 0 Å². The molecule has 0 bridgehead atoms. The van der Waals surface area contributed by atoms with Crippen LogP contribution in [0.1, 0.15) is 21.8 Å². The molecule has 1 aromatic heterocycles. The highest BCUT2D eigenvalue weighted by Crippen LogP contribution is 2.20. The zero-order valence-electron chi connectivity index (χ0n) is 9.38. The number of carbonyl (C=O) groups is 1. The zero-order chi connectivity index (χ0) is 13.0. The molecule has 0 unspecified atom stereocenters. The molecule has 2 aromatic rings. The van der Waals surface area contributed by atoms with Gasteiger partial charge in [0.05, 0.1) is 6.07 Å². The molecular weight excluding hydrogens is 231 g/mol. The van der Waals surface area contributed by atoms with Gasteiger partial charge in [-0.05, 0) is 29.8 Å². The van der Waals surface area contributed by atoms with Crippen LogP contribution < -0.4 is 0 Å². The summed E-state index contributed by atoms with van der Waals surface area (Å²) < 4.78 is 12.8. The van der Waals surface area contributed by atoms with Gasteiger partial charge in [-0.3, -0.25) is 9.78 Å². The lowest BCUT2D eigenvalue weighted by molar-refractivity contribution is 0.0978. The Bertz CT molecular complexity index is 587. The lowest BCUT2D eigenvalue weighted by Gasteiger charge is -2.08. The molecule has 3 nitrogen and oxygen atoms in total. The van der Waals surface area contributed by atoms with Crippen molar-refractivity contribution < 1.29 is 9.18 Å². The standard InChI is InChI=1S/C14H9FN2O/c15-12-5-3-10(4-6-12)13(8-16)14(18)11-2-1-7-17-9-11/h1-7,9,13H/t13-/m0/s1. The molecule has 0 aliphatic rings. The van der Waals surface area contributed by atoms with Gasteiger partial charge in [0.2, 0.25) is 0 Å². The van der Waals surface area contributed by atoms with Gasteiger partial charge in [-0.2, -0.15) is 5.26 Å². The van der Waals surface area contributed by atoms with Crippen molar-refractivity contribution in [1.82, 2.24) is 4.98 Å². The van der Waals surface area contributed by atoms with Gasteiger partial charge in [-0.15, -0.1) is 0 Å². The van der Waals surface area contributed by atoms with Gasteiger partial charge in [-0.25, -0.2) is 4.39 Å². The number of benzene rings is 1. The minimum Gasteiger partial charge on any atom is -0.292 e. The summed E-state index contributed by atoms with van der Waals surface area (Å²) in [6, 6.07) is 10.5. The molecule has 1 aromatic carbocycles. The van der Waals surface area contributed by atoms with Crippen molar-refractivity contribution in [1.29, 1.82) is 5.26 Å². The monoisotopic (exact) mass is 240 g/mol. The average Bonchev–Trinajstić information content (AvgIpc) is 2.42. The summed E-state index contributed by atoms with van der Waals surface area (Å²) in [4.78, 5) is 15.9. The van der Waals surface area contributed by atoms with Crippen LogP contribution in [0, 0.1) is 17.1 Å². The first-order chi connectivity index (χ1) is 8.72. The topological polar surface area (TPSA) is 53.8 Å². The van der Waals surface area contributed by atoms with Gasteiger partial charge in [0.25, 0.3) is 0 Å². The zero-order valence-corrected chi connectivity index (χ0v) is 9.38. The van der Waals surface area contributed by atoms with E-state index < -0.39 is 11.7 Å². The second-order valence-corrected chi connectivity index (χ2v) is 3.72. The fourth-order valence-electron chi connectivity index (χ4n) is 1.61. The maximum Gasteiger partial charge on any atom is 0.185 e. The Morgan fingerprint density at radius 3 is 2.56 bits per heavy atom. The van der Waals surface area contributed by atoms with E-state index in [0.29, 0.717) is 11.1 Å². The number of hydrogen-bond donors (Lipinski definition) is 0. The SMILES string of the molecule is N#C[C@H](C(=O)c1cccnc1)c1ccc(F)cc1. The molecule has 0 radical (unpaired) electrons. The van der Waals surface area contributed by atoms with Crippen molar-refractivity contribution in [3.05, 3.63) is 65.7 Å². The highest BCUT2D eigenvalue weighted by Gasteiger charge is 2.21.